The topological polar surface area (TPSA) is 37.2 Å². The molecule has 2 aromatic heterocycles. The molecule has 24 heavy (non-hydrogen) atoms. The second kappa shape index (κ2) is 5.18. The van der Waals surface area contributed by atoms with Gasteiger partial charge in [0.1, 0.15) is 5.52 Å². The first kappa shape index (κ1) is 14.2. The Morgan fingerprint density at radius 2 is 2.04 bits per heavy atom. The third kappa shape index (κ3) is 2.11. The van der Waals surface area contributed by atoms with Crippen LogP contribution in [0.25, 0.3) is 21.8 Å². The average Bonchev–Trinajstić information content (AvgIpc) is 3.19. The van der Waals surface area contributed by atoms with Gasteiger partial charge >= 0.3 is 0 Å². The second-order valence-corrected chi connectivity index (χ2v) is 7.30. The zero-order chi connectivity index (χ0) is 16.3. The van der Waals surface area contributed by atoms with Crippen molar-refractivity contribution >= 4 is 27.6 Å². The molecule has 1 unspecified atom stereocenters. The quantitative estimate of drug-likeness (QED) is 0.691. The molecule has 2 saturated heterocycles. The minimum atomic E-state index is 0.688. The van der Waals surface area contributed by atoms with E-state index in [9.17, 15) is 0 Å². The Kier molecular flexibility index (Phi) is 3.07. The van der Waals surface area contributed by atoms with Gasteiger partial charge in [0.2, 0.25) is 0 Å². The summed E-state index contributed by atoms with van der Waals surface area (Å²) in [5.41, 5.74) is 3.38. The summed E-state index contributed by atoms with van der Waals surface area (Å²) in [5.74, 6) is 1.06. The zero-order valence-corrected chi connectivity index (χ0v) is 14.4. The molecule has 3 aromatic rings. The minimum Gasteiger partial charge on any atom is -0.352 e. The van der Waals surface area contributed by atoms with Gasteiger partial charge in [-0.2, -0.15) is 5.10 Å². The fraction of sp³-hybridized carbons (Fsp3) is 0.474. The highest BCUT2D eigenvalue weighted by Gasteiger charge is 2.32. The zero-order valence-electron chi connectivity index (χ0n) is 14.4. The van der Waals surface area contributed by atoms with E-state index in [2.05, 4.69) is 41.1 Å². The van der Waals surface area contributed by atoms with Gasteiger partial charge in [-0.25, -0.2) is 4.98 Å². The molecule has 124 valence electrons. The number of benzene rings is 1. The van der Waals surface area contributed by atoms with Gasteiger partial charge in [0.05, 0.1) is 5.52 Å². The third-order valence-electron chi connectivity index (χ3n) is 5.60. The Balaban J connectivity index is 1.68. The second-order valence-electron chi connectivity index (χ2n) is 7.30. The number of rotatable bonds is 1. The molecular weight excluding hydrogens is 298 g/mol. The monoisotopic (exact) mass is 321 g/mol. The van der Waals surface area contributed by atoms with Crippen LogP contribution in [0.5, 0.6) is 0 Å². The SMILES string of the molecule is Cc1ccc2nc(N3CCN4CCCC4C3)c3nn(C)cc3c2c1. The van der Waals surface area contributed by atoms with Crippen molar-refractivity contribution in [3.8, 4) is 0 Å². The van der Waals surface area contributed by atoms with E-state index in [0.29, 0.717) is 6.04 Å². The summed E-state index contributed by atoms with van der Waals surface area (Å²) in [5, 5.41) is 7.18. The Hall–Kier alpha value is -2.14. The lowest BCUT2D eigenvalue weighted by Crippen LogP contribution is -2.50. The van der Waals surface area contributed by atoms with E-state index in [1.807, 2.05) is 11.7 Å². The van der Waals surface area contributed by atoms with Crippen molar-refractivity contribution in [2.75, 3.05) is 31.1 Å². The summed E-state index contributed by atoms with van der Waals surface area (Å²) in [7, 11) is 2.00. The lowest BCUT2D eigenvalue weighted by Gasteiger charge is -2.38. The molecule has 0 saturated carbocycles. The van der Waals surface area contributed by atoms with Crippen LogP contribution in [0.1, 0.15) is 18.4 Å². The largest absolute Gasteiger partial charge is 0.352 e. The fourth-order valence-corrected chi connectivity index (χ4v) is 4.38. The summed E-state index contributed by atoms with van der Waals surface area (Å²) in [6.07, 6.45) is 4.78. The first-order chi connectivity index (χ1) is 11.7. The predicted molar refractivity (Wildman–Crippen MR) is 97.6 cm³/mol. The van der Waals surface area contributed by atoms with Crippen molar-refractivity contribution in [2.45, 2.75) is 25.8 Å². The molecule has 1 atom stereocenters. The van der Waals surface area contributed by atoms with Crippen molar-refractivity contribution in [3.05, 3.63) is 30.0 Å². The number of nitrogens with zero attached hydrogens (tertiary/aromatic N) is 5. The molecule has 0 aliphatic carbocycles. The maximum absolute atomic E-state index is 5.03. The van der Waals surface area contributed by atoms with E-state index in [4.69, 9.17) is 10.1 Å². The predicted octanol–water partition coefficient (Wildman–Crippen LogP) is 2.71. The van der Waals surface area contributed by atoms with Crippen LogP contribution in [0.2, 0.25) is 0 Å². The van der Waals surface area contributed by atoms with Crippen molar-refractivity contribution < 1.29 is 0 Å². The first-order valence-electron chi connectivity index (χ1n) is 8.92. The summed E-state index contributed by atoms with van der Waals surface area (Å²) >= 11 is 0. The number of pyridine rings is 1. The smallest absolute Gasteiger partial charge is 0.157 e. The standard InChI is InChI=1S/C19H23N5/c1-13-5-6-17-15(10-13)16-12-22(2)21-18(16)19(20-17)24-9-8-23-7-3-4-14(23)11-24/h5-6,10,12,14H,3-4,7-9,11H2,1-2H3. The van der Waals surface area contributed by atoms with Gasteiger partial charge in [0.15, 0.2) is 5.82 Å². The molecule has 0 N–H and O–H groups in total. The van der Waals surface area contributed by atoms with Gasteiger partial charge in [-0.15, -0.1) is 0 Å². The molecule has 0 radical (unpaired) electrons. The number of aryl methyl sites for hydroxylation is 2. The van der Waals surface area contributed by atoms with Crippen LogP contribution in [-0.4, -0.2) is 51.9 Å². The molecule has 5 heteroatoms. The molecule has 2 fully saturated rings. The number of aromatic nitrogens is 3. The Morgan fingerprint density at radius 1 is 1.12 bits per heavy atom. The summed E-state index contributed by atoms with van der Waals surface area (Å²) in [4.78, 5) is 10.1. The normalized spacial score (nSPS) is 21.8. The highest BCUT2D eigenvalue weighted by molar-refractivity contribution is 6.08. The summed E-state index contributed by atoms with van der Waals surface area (Å²) in [6, 6.07) is 7.21. The average molecular weight is 321 g/mol. The minimum absolute atomic E-state index is 0.688. The maximum Gasteiger partial charge on any atom is 0.157 e. The van der Waals surface area contributed by atoms with Crippen LogP contribution in [0.4, 0.5) is 5.82 Å². The fourth-order valence-electron chi connectivity index (χ4n) is 4.38. The van der Waals surface area contributed by atoms with Crippen LogP contribution in [-0.2, 0) is 7.05 Å². The van der Waals surface area contributed by atoms with Crippen molar-refractivity contribution in [2.24, 2.45) is 7.05 Å². The molecule has 2 aliphatic heterocycles. The van der Waals surface area contributed by atoms with E-state index < -0.39 is 0 Å². The molecule has 4 heterocycles. The van der Waals surface area contributed by atoms with Crippen LogP contribution < -0.4 is 4.90 Å². The summed E-state index contributed by atoms with van der Waals surface area (Å²) in [6.45, 7) is 6.67. The molecule has 0 spiro atoms. The summed E-state index contributed by atoms with van der Waals surface area (Å²) < 4.78 is 1.92. The highest BCUT2D eigenvalue weighted by atomic mass is 15.3. The third-order valence-corrected chi connectivity index (χ3v) is 5.60. The van der Waals surface area contributed by atoms with Crippen LogP contribution >= 0.6 is 0 Å². The van der Waals surface area contributed by atoms with Crippen molar-refractivity contribution in [3.63, 3.8) is 0 Å². The molecule has 5 rings (SSSR count). The van der Waals surface area contributed by atoms with Gasteiger partial charge in [0, 0.05) is 49.7 Å². The molecule has 5 nitrogen and oxygen atoms in total. The lowest BCUT2D eigenvalue weighted by molar-refractivity contribution is 0.230. The van der Waals surface area contributed by atoms with Crippen LogP contribution in [0.15, 0.2) is 24.4 Å². The number of hydrogen-bond donors (Lipinski definition) is 0. The van der Waals surface area contributed by atoms with Crippen LogP contribution in [0.3, 0.4) is 0 Å². The van der Waals surface area contributed by atoms with Gasteiger partial charge < -0.3 is 4.90 Å². The van der Waals surface area contributed by atoms with E-state index in [-0.39, 0.29) is 0 Å². The number of anilines is 1. The van der Waals surface area contributed by atoms with E-state index in [1.54, 1.807) is 0 Å². The van der Waals surface area contributed by atoms with Gasteiger partial charge in [-0.3, -0.25) is 9.58 Å². The van der Waals surface area contributed by atoms with Gasteiger partial charge in [-0.1, -0.05) is 11.6 Å². The van der Waals surface area contributed by atoms with Crippen LogP contribution in [0, 0.1) is 6.92 Å². The van der Waals surface area contributed by atoms with E-state index in [0.717, 1.165) is 36.5 Å². The molecule has 0 amide bonds. The Labute approximate surface area is 141 Å². The highest BCUT2D eigenvalue weighted by Crippen LogP contribution is 2.33. The Morgan fingerprint density at radius 3 is 2.96 bits per heavy atom. The van der Waals surface area contributed by atoms with E-state index in [1.165, 1.54) is 35.7 Å². The Bertz CT molecular complexity index is 928. The number of fused-ring (bicyclic) bond motifs is 4. The van der Waals surface area contributed by atoms with Gasteiger partial charge in [-0.05, 0) is 38.4 Å². The van der Waals surface area contributed by atoms with Crippen molar-refractivity contribution in [1.29, 1.82) is 0 Å². The number of hydrogen-bond acceptors (Lipinski definition) is 4. The maximum atomic E-state index is 5.03. The molecule has 2 aliphatic rings. The van der Waals surface area contributed by atoms with Crippen molar-refractivity contribution in [1.82, 2.24) is 19.7 Å². The molecule has 0 bridgehead atoms. The van der Waals surface area contributed by atoms with Gasteiger partial charge in [0.25, 0.3) is 0 Å². The molecule has 1 aromatic carbocycles. The first-order valence-corrected chi connectivity index (χ1v) is 8.92. The number of piperazine rings is 1. The molecular formula is C19H23N5. The lowest BCUT2D eigenvalue weighted by atomic mass is 10.1. The van der Waals surface area contributed by atoms with E-state index >= 15 is 0 Å².